The summed E-state index contributed by atoms with van der Waals surface area (Å²) in [7, 11) is 0. The van der Waals surface area contributed by atoms with Gasteiger partial charge in [-0.2, -0.15) is 0 Å². The first-order chi connectivity index (χ1) is 8.65. The minimum atomic E-state index is -0.578. The van der Waals surface area contributed by atoms with Gasteiger partial charge in [-0.1, -0.05) is 0 Å². The highest BCUT2D eigenvalue weighted by Gasteiger charge is 2.22. The van der Waals surface area contributed by atoms with Crippen LogP contribution in [-0.4, -0.2) is 41.5 Å². The standard InChI is InChI=1S/C11H17N3O4/c1-4-13(11(16)18-6-3)14-8-7-12-9(14)10(15)17-5-2/h7-8H,4-6H2,1-3H3. The van der Waals surface area contributed by atoms with E-state index in [0.717, 1.165) is 0 Å². The summed E-state index contributed by atoms with van der Waals surface area (Å²) in [5.74, 6) is -0.531. The fourth-order valence-electron chi connectivity index (χ4n) is 1.40. The van der Waals surface area contributed by atoms with E-state index in [-0.39, 0.29) is 19.0 Å². The molecule has 0 saturated carbocycles. The molecule has 0 spiro atoms. The van der Waals surface area contributed by atoms with E-state index in [4.69, 9.17) is 9.47 Å². The summed E-state index contributed by atoms with van der Waals surface area (Å²) in [6.45, 7) is 6.05. The van der Waals surface area contributed by atoms with Gasteiger partial charge in [0, 0.05) is 18.9 Å². The van der Waals surface area contributed by atoms with Crippen molar-refractivity contribution in [3.63, 3.8) is 0 Å². The van der Waals surface area contributed by atoms with Gasteiger partial charge in [-0.3, -0.25) is 0 Å². The van der Waals surface area contributed by atoms with Crippen molar-refractivity contribution in [3.05, 3.63) is 18.2 Å². The number of imidazole rings is 1. The second-order valence-corrected chi connectivity index (χ2v) is 3.23. The Morgan fingerprint density at radius 1 is 1.28 bits per heavy atom. The van der Waals surface area contributed by atoms with Crippen LogP contribution in [0.5, 0.6) is 0 Å². The lowest BCUT2D eigenvalue weighted by atomic mass is 10.6. The van der Waals surface area contributed by atoms with Gasteiger partial charge < -0.3 is 9.47 Å². The molecule has 0 fully saturated rings. The van der Waals surface area contributed by atoms with Crippen LogP contribution in [0.2, 0.25) is 0 Å². The third-order valence-electron chi connectivity index (χ3n) is 2.12. The molecule has 0 radical (unpaired) electrons. The van der Waals surface area contributed by atoms with E-state index >= 15 is 0 Å². The molecule has 0 N–H and O–H groups in total. The van der Waals surface area contributed by atoms with Crippen LogP contribution in [0.25, 0.3) is 0 Å². The number of ether oxygens (including phenoxy) is 2. The quantitative estimate of drug-likeness (QED) is 0.738. The van der Waals surface area contributed by atoms with Crippen LogP contribution < -0.4 is 5.01 Å². The number of amides is 1. The molecule has 0 unspecified atom stereocenters. The molecule has 18 heavy (non-hydrogen) atoms. The van der Waals surface area contributed by atoms with Crippen molar-refractivity contribution in [1.82, 2.24) is 9.66 Å². The predicted molar refractivity (Wildman–Crippen MR) is 64.0 cm³/mol. The fraction of sp³-hybridized carbons (Fsp3) is 0.545. The van der Waals surface area contributed by atoms with Gasteiger partial charge in [0.05, 0.1) is 13.2 Å². The molecule has 7 nitrogen and oxygen atoms in total. The number of hydrogen-bond acceptors (Lipinski definition) is 5. The van der Waals surface area contributed by atoms with Crippen LogP contribution in [0.3, 0.4) is 0 Å². The fourth-order valence-corrected chi connectivity index (χ4v) is 1.40. The van der Waals surface area contributed by atoms with Gasteiger partial charge in [-0.25, -0.2) is 24.3 Å². The highest BCUT2D eigenvalue weighted by molar-refractivity contribution is 5.87. The van der Waals surface area contributed by atoms with Crippen molar-refractivity contribution in [3.8, 4) is 0 Å². The molecular formula is C11H17N3O4. The zero-order valence-corrected chi connectivity index (χ0v) is 10.8. The smallest absolute Gasteiger partial charge is 0.429 e. The number of nitrogens with zero attached hydrogens (tertiary/aromatic N) is 3. The molecule has 0 aliphatic rings. The lowest BCUT2D eigenvalue weighted by Gasteiger charge is -2.22. The zero-order chi connectivity index (χ0) is 13.5. The van der Waals surface area contributed by atoms with Crippen LogP contribution in [0.15, 0.2) is 12.4 Å². The molecule has 100 valence electrons. The third-order valence-corrected chi connectivity index (χ3v) is 2.12. The molecule has 0 saturated heterocycles. The Bertz CT molecular complexity index is 416. The van der Waals surface area contributed by atoms with E-state index in [2.05, 4.69) is 4.98 Å². The first-order valence-electron chi connectivity index (χ1n) is 5.80. The van der Waals surface area contributed by atoms with Crippen LogP contribution in [-0.2, 0) is 9.47 Å². The van der Waals surface area contributed by atoms with E-state index in [9.17, 15) is 9.59 Å². The number of esters is 1. The maximum Gasteiger partial charge on any atom is 0.429 e. The molecule has 7 heteroatoms. The van der Waals surface area contributed by atoms with Crippen molar-refractivity contribution in [2.24, 2.45) is 0 Å². The average Bonchev–Trinajstić information content (AvgIpc) is 2.80. The molecule has 1 heterocycles. The normalized spacial score (nSPS) is 9.94. The molecule has 1 amide bonds. The van der Waals surface area contributed by atoms with Crippen LogP contribution in [0.4, 0.5) is 4.79 Å². The molecule has 1 aromatic heterocycles. The Labute approximate surface area is 105 Å². The lowest BCUT2D eigenvalue weighted by Crippen LogP contribution is -2.42. The van der Waals surface area contributed by atoms with Gasteiger partial charge in [-0.05, 0) is 20.8 Å². The molecule has 0 aliphatic heterocycles. The van der Waals surface area contributed by atoms with E-state index in [1.165, 1.54) is 22.1 Å². The Morgan fingerprint density at radius 3 is 2.50 bits per heavy atom. The minimum absolute atomic E-state index is 0.0479. The van der Waals surface area contributed by atoms with Crippen molar-refractivity contribution in [2.45, 2.75) is 20.8 Å². The second-order valence-electron chi connectivity index (χ2n) is 3.23. The maximum absolute atomic E-state index is 11.7. The van der Waals surface area contributed by atoms with Gasteiger partial charge in [0.25, 0.3) is 0 Å². The molecule has 0 bridgehead atoms. The second kappa shape index (κ2) is 6.63. The number of rotatable bonds is 5. The average molecular weight is 255 g/mol. The van der Waals surface area contributed by atoms with Crippen LogP contribution >= 0.6 is 0 Å². The summed E-state index contributed by atoms with van der Waals surface area (Å²) in [6, 6.07) is 0. The molecule has 0 aliphatic carbocycles. The molecule has 0 aromatic carbocycles. The largest absolute Gasteiger partial charge is 0.460 e. The third kappa shape index (κ3) is 2.99. The van der Waals surface area contributed by atoms with Gasteiger partial charge in [-0.15, -0.1) is 0 Å². The number of hydrogen-bond donors (Lipinski definition) is 0. The summed E-state index contributed by atoms with van der Waals surface area (Å²) >= 11 is 0. The van der Waals surface area contributed by atoms with Gasteiger partial charge in [0.2, 0.25) is 5.82 Å². The summed E-state index contributed by atoms with van der Waals surface area (Å²) in [6.07, 6.45) is 2.39. The molecular weight excluding hydrogens is 238 g/mol. The van der Waals surface area contributed by atoms with Crippen molar-refractivity contribution < 1.29 is 19.1 Å². The molecule has 1 rings (SSSR count). The number of carbonyl (C=O) groups excluding carboxylic acids is 2. The Kier molecular flexibility index (Phi) is 5.16. The van der Waals surface area contributed by atoms with E-state index in [1.54, 1.807) is 20.8 Å². The molecule has 1 aromatic rings. The summed E-state index contributed by atoms with van der Waals surface area (Å²) in [5, 5.41) is 1.27. The van der Waals surface area contributed by atoms with E-state index in [1.807, 2.05) is 0 Å². The summed E-state index contributed by atoms with van der Waals surface area (Å²) in [5.41, 5.74) is 0. The van der Waals surface area contributed by atoms with Gasteiger partial charge >= 0.3 is 12.1 Å². The monoisotopic (exact) mass is 255 g/mol. The highest BCUT2D eigenvalue weighted by Crippen LogP contribution is 2.04. The summed E-state index contributed by atoms with van der Waals surface area (Å²) in [4.78, 5) is 27.2. The highest BCUT2D eigenvalue weighted by atomic mass is 16.6. The summed E-state index contributed by atoms with van der Waals surface area (Å²) < 4.78 is 11.1. The van der Waals surface area contributed by atoms with Gasteiger partial charge in [0.15, 0.2) is 0 Å². The number of carbonyl (C=O) groups is 2. The van der Waals surface area contributed by atoms with Crippen molar-refractivity contribution in [2.75, 3.05) is 24.8 Å². The van der Waals surface area contributed by atoms with Gasteiger partial charge in [0.1, 0.15) is 0 Å². The topological polar surface area (TPSA) is 73.7 Å². The Hall–Kier alpha value is -2.05. The first-order valence-corrected chi connectivity index (χ1v) is 5.80. The Morgan fingerprint density at radius 2 is 1.94 bits per heavy atom. The van der Waals surface area contributed by atoms with Crippen molar-refractivity contribution in [1.29, 1.82) is 0 Å². The first kappa shape index (κ1) is 14.0. The SMILES string of the molecule is CCOC(=O)c1nccn1N(CC)C(=O)OCC. The zero-order valence-electron chi connectivity index (χ0n) is 10.8. The van der Waals surface area contributed by atoms with E-state index < -0.39 is 12.1 Å². The Balaban J connectivity index is 2.96. The lowest BCUT2D eigenvalue weighted by molar-refractivity contribution is 0.0506. The minimum Gasteiger partial charge on any atom is -0.460 e. The van der Waals surface area contributed by atoms with Crippen LogP contribution in [0, 0.1) is 0 Å². The van der Waals surface area contributed by atoms with E-state index in [0.29, 0.717) is 6.54 Å². The molecule has 0 atom stereocenters. The number of aromatic nitrogens is 2. The predicted octanol–water partition coefficient (Wildman–Crippen LogP) is 1.17. The van der Waals surface area contributed by atoms with Crippen molar-refractivity contribution >= 4 is 12.1 Å². The maximum atomic E-state index is 11.7. The van der Waals surface area contributed by atoms with Crippen LogP contribution in [0.1, 0.15) is 31.4 Å².